The van der Waals surface area contributed by atoms with Gasteiger partial charge in [-0.05, 0) is 24.5 Å². The van der Waals surface area contributed by atoms with Gasteiger partial charge in [-0.1, -0.05) is 18.2 Å². The molecule has 1 aromatic carbocycles. The molecule has 2 N–H and O–H groups in total. The Hall–Kier alpha value is -1.95. The first kappa shape index (κ1) is 15.4. The summed E-state index contributed by atoms with van der Waals surface area (Å²) in [6.07, 6.45) is 0.628. The molecule has 1 aliphatic heterocycles. The van der Waals surface area contributed by atoms with Crippen LogP contribution in [0.4, 0.5) is 4.39 Å². The van der Waals surface area contributed by atoms with Crippen molar-refractivity contribution in [1.29, 1.82) is 0 Å². The van der Waals surface area contributed by atoms with Crippen molar-refractivity contribution in [3.8, 4) is 0 Å². The molecule has 0 saturated carbocycles. The van der Waals surface area contributed by atoms with Crippen LogP contribution in [0.3, 0.4) is 0 Å². The molecule has 0 aromatic heterocycles. The van der Waals surface area contributed by atoms with Gasteiger partial charge in [-0.25, -0.2) is 4.39 Å². The maximum Gasteiger partial charge on any atom is 0.311 e. The van der Waals surface area contributed by atoms with Gasteiger partial charge in [-0.3, -0.25) is 9.59 Å². The van der Waals surface area contributed by atoms with Gasteiger partial charge >= 0.3 is 5.97 Å². The molecule has 1 aliphatic rings. The van der Waals surface area contributed by atoms with Crippen LogP contribution in [0.5, 0.6) is 0 Å². The smallest absolute Gasteiger partial charge is 0.311 e. The molecular weight excluding hydrogens is 277 g/mol. The minimum Gasteiger partial charge on any atom is -0.481 e. The highest BCUT2D eigenvalue weighted by molar-refractivity contribution is 5.80. The molecule has 1 heterocycles. The molecule has 1 fully saturated rings. The van der Waals surface area contributed by atoms with E-state index in [0.717, 1.165) is 0 Å². The van der Waals surface area contributed by atoms with Crippen molar-refractivity contribution < 1.29 is 23.8 Å². The Kier molecular flexibility index (Phi) is 4.90. The molecule has 114 valence electrons. The maximum absolute atomic E-state index is 13.5. The van der Waals surface area contributed by atoms with Gasteiger partial charge in [0.2, 0.25) is 5.91 Å². The number of nitrogens with one attached hydrogen (secondary N) is 1. The van der Waals surface area contributed by atoms with Crippen molar-refractivity contribution in [3.63, 3.8) is 0 Å². The van der Waals surface area contributed by atoms with Crippen LogP contribution in [0.25, 0.3) is 0 Å². The summed E-state index contributed by atoms with van der Waals surface area (Å²) in [5.41, 5.74) is -0.685. The Morgan fingerprint density at radius 2 is 1.95 bits per heavy atom. The molecule has 0 atom stereocenters. The predicted molar refractivity (Wildman–Crippen MR) is 73.2 cm³/mol. The topological polar surface area (TPSA) is 75.6 Å². The van der Waals surface area contributed by atoms with Crippen molar-refractivity contribution in [2.75, 3.05) is 19.8 Å². The Morgan fingerprint density at radius 3 is 2.57 bits per heavy atom. The number of benzene rings is 1. The van der Waals surface area contributed by atoms with E-state index < -0.39 is 17.2 Å². The van der Waals surface area contributed by atoms with Gasteiger partial charge in [0.25, 0.3) is 0 Å². The lowest BCUT2D eigenvalue weighted by molar-refractivity contribution is -0.154. The van der Waals surface area contributed by atoms with Crippen LogP contribution in [0.2, 0.25) is 0 Å². The quantitative estimate of drug-likeness (QED) is 0.860. The third kappa shape index (κ3) is 3.78. The number of ether oxygens (including phenoxy) is 1. The van der Waals surface area contributed by atoms with E-state index in [0.29, 0.717) is 31.6 Å². The molecule has 0 aliphatic carbocycles. The van der Waals surface area contributed by atoms with E-state index in [1.54, 1.807) is 12.1 Å². The van der Waals surface area contributed by atoms with Crippen molar-refractivity contribution >= 4 is 11.9 Å². The van der Waals surface area contributed by atoms with Gasteiger partial charge in [-0.15, -0.1) is 0 Å². The SMILES string of the molecule is O=C(Cc1ccccc1F)NCC1(C(=O)O)CCOCC1. The summed E-state index contributed by atoms with van der Waals surface area (Å²) in [7, 11) is 0. The summed E-state index contributed by atoms with van der Waals surface area (Å²) in [6, 6.07) is 6.04. The number of hydrogen-bond donors (Lipinski definition) is 2. The highest BCUT2D eigenvalue weighted by Crippen LogP contribution is 2.30. The van der Waals surface area contributed by atoms with E-state index in [1.165, 1.54) is 12.1 Å². The van der Waals surface area contributed by atoms with Crippen LogP contribution in [-0.2, 0) is 20.7 Å². The zero-order valence-corrected chi connectivity index (χ0v) is 11.6. The maximum atomic E-state index is 13.5. The number of amides is 1. The number of halogens is 1. The Bertz CT molecular complexity index is 526. The lowest BCUT2D eigenvalue weighted by Crippen LogP contribution is -2.46. The largest absolute Gasteiger partial charge is 0.481 e. The summed E-state index contributed by atoms with van der Waals surface area (Å²) >= 11 is 0. The van der Waals surface area contributed by atoms with Crippen LogP contribution < -0.4 is 5.32 Å². The first-order valence-electron chi connectivity index (χ1n) is 6.85. The average molecular weight is 295 g/mol. The fourth-order valence-electron chi connectivity index (χ4n) is 2.37. The normalized spacial score (nSPS) is 17.2. The molecular formula is C15H18FNO4. The monoisotopic (exact) mass is 295 g/mol. The molecule has 1 amide bonds. The van der Waals surface area contributed by atoms with E-state index in [-0.39, 0.29) is 18.9 Å². The number of carboxylic acids is 1. The zero-order valence-electron chi connectivity index (χ0n) is 11.6. The molecule has 0 radical (unpaired) electrons. The molecule has 1 aromatic rings. The highest BCUT2D eigenvalue weighted by Gasteiger charge is 2.40. The van der Waals surface area contributed by atoms with E-state index in [9.17, 15) is 19.1 Å². The lowest BCUT2D eigenvalue weighted by atomic mass is 9.80. The second-order valence-electron chi connectivity index (χ2n) is 5.24. The Balaban J connectivity index is 1.93. The number of carbonyl (C=O) groups excluding carboxylic acids is 1. The Labute approximate surface area is 122 Å². The van der Waals surface area contributed by atoms with Crippen LogP contribution >= 0.6 is 0 Å². The number of carbonyl (C=O) groups is 2. The molecule has 0 spiro atoms. The van der Waals surface area contributed by atoms with Crippen molar-refractivity contribution in [2.45, 2.75) is 19.3 Å². The lowest BCUT2D eigenvalue weighted by Gasteiger charge is -2.33. The third-order valence-corrected chi connectivity index (χ3v) is 3.84. The highest BCUT2D eigenvalue weighted by atomic mass is 19.1. The van der Waals surface area contributed by atoms with Gasteiger partial charge in [0, 0.05) is 19.8 Å². The summed E-state index contributed by atoms with van der Waals surface area (Å²) in [5.74, 6) is -1.75. The van der Waals surface area contributed by atoms with Crippen molar-refractivity contribution in [3.05, 3.63) is 35.6 Å². The fraction of sp³-hybridized carbons (Fsp3) is 0.467. The Morgan fingerprint density at radius 1 is 1.29 bits per heavy atom. The van der Waals surface area contributed by atoms with Crippen molar-refractivity contribution in [2.24, 2.45) is 5.41 Å². The molecule has 0 bridgehead atoms. The fourth-order valence-corrected chi connectivity index (χ4v) is 2.37. The van der Waals surface area contributed by atoms with Crippen molar-refractivity contribution in [1.82, 2.24) is 5.32 Å². The summed E-state index contributed by atoms with van der Waals surface area (Å²) in [4.78, 5) is 23.3. The third-order valence-electron chi connectivity index (χ3n) is 3.84. The number of rotatable bonds is 5. The van der Waals surface area contributed by atoms with E-state index >= 15 is 0 Å². The standard InChI is InChI=1S/C15H18FNO4/c16-12-4-2-1-3-11(12)9-13(18)17-10-15(14(19)20)5-7-21-8-6-15/h1-4H,5-10H2,(H,17,18)(H,19,20). The number of hydrogen-bond acceptors (Lipinski definition) is 3. The van der Waals surface area contributed by atoms with Crippen LogP contribution in [0.1, 0.15) is 18.4 Å². The van der Waals surface area contributed by atoms with Gasteiger partial charge in [0.1, 0.15) is 5.82 Å². The minimum absolute atomic E-state index is 0.0407. The van der Waals surface area contributed by atoms with Gasteiger partial charge in [0.15, 0.2) is 0 Å². The summed E-state index contributed by atoms with van der Waals surface area (Å²) in [5, 5.41) is 12.0. The van der Waals surface area contributed by atoms with Crippen LogP contribution in [0, 0.1) is 11.2 Å². The van der Waals surface area contributed by atoms with Gasteiger partial charge < -0.3 is 15.2 Å². The van der Waals surface area contributed by atoms with Crippen LogP contribution in [0.15, 0.2) is 24.3 Å². The van der Waals surface area contributed by atoms with Gasteiger partial charge in [0.05, 0.1) is 11.8 Å². The van der Waals surface area contributed by atoms with Gasteiger partial charge in [-0.2, -0.15) is 0 Å². The second kappa shape index (κ2) is 6.67. The molecule has 1 saturated heterocycles. The summed E-state index contributed by atoms with van der Waals surface area (Å²) in [6.45, 7) is 0.782. The molecule has 0 unspecified atom stereocenters. The van der Waals surface area contributed by atoms with E-state index in [1.807, 2.05) is 0 Å². The van der Waals surface area contributed by atoms with Crippen LogP contribution in [-0.4, -0.2) is 36.7 Å². The molecule has 6 heteroatoms. The number of aliphatic carboxylic acids is 1. The zero-order chi connectivity index (χ0) is 15.3. The number of carboxylic acid groups (broad SMARTS) is 1. The molecule has 5 nitrogen and oxygen atoms in total. The molecule has 21 heavy (non-hydrogen) atoms. The van der Waals surface area contributed by atoms with E-state index in [4.69, 9.17) is 4.74 Å². The molecule has 2 rings (SSSR count). The summed E-state index contributed by atoms with van der Waals surface area (Å²) < 4.78 is 18.6. The first-order valence-corrected chi connectivity index (χ1v) is 6.85. The minimum atomic E-state index is -0.983. The average Bonchev–Trinajstić information content (AvgIpc) is 2.48. The van der Waals surface area contributed by atoms with E-state index in [2.05, 4.69) is 5.32 Å². The predicted octanol–water partition coefficient (Wildman–Crippen LogP) is 1.37. The second-order valence-corrected chi connectivity index (χ2v) is 5.24. The first-order chi connectivity index (χ1) is 10.0.